The summed E-state index contributed by atoms with van der Waals surface area (Å²) >= 11 is 0. The topological polar surface area (TPSA) is 105 Å². The zero-order chi connectivity index (χ0) is 19.5. The van der Waals surface area contributed by atoms with Crippen molar-refractivity contribution < 1.29 is 9.90 Å². The third-order valence-electron chi connectivity index (χ3n) is 5.50. The maximum Gasteiger partial charge on any atom is 0.267 e. The maximum absolute atomic E-state index is 12.3. The molecule has 2 aliphatic rings. The van der Waals surface area contributed by atoms with Crippen molar-refractivity contribution in [1.29, 1.82) is 0 Å². The summed E-state index contributed by atoms with van der Waals surface area (Å²) in [6.45, 7) is 0. The van der Waals surface area contributed by atoms with Crippen molar-refractivity contribution in [3.8, 4) is 23.1 Å². The van der Waals surface area contributed by atoms with Crippen LogP contribution in [-0.4, -0.2) is 49.6 Å². The molecule has 5 rings (SSSR count). The Balaban J connectivity index is 1.50. The molecule has 3 atom stereocenters. The van der Waals surface area contributed by atoms with Crippen molar-refractivity contribution in [3.05, 3.63) is 48.3 Å². The quantitative estimate of drug-likeness (QED) is 0.623. The zero-order valence-corrected chi connectivity index (χ0v) is 15.1. The molecule has 1 aromatic carbocycles. The van der Waals surface area contributed by atoms with E-state index in [2.05, 4.69) is 26.8 Å². The monoisotopic (exact) mass is 371 g/mol. The minimum absolute atomic E-state index is 0.0918. The Hall–Kier alpha value is -3.50. The number of nitrogens with zero attached hydrogens (tertiary/aromatic N) is 4. The van der Waals surface area contributed by atoms with Crippen LogP contribution in [-0.2, 0) is 4.79 Å². The predicted molar refractivity (Wildman–Crippen MR) is 104 cm³/mol. The first-order valence-corrected chi connectivity index (χ1v) is 8.98. The second-order valence-corrected chi connectivity index (χ2v) is 7.25. The fourth-order valence-electron chi connectivity index (χ4n) is 3.83. The van der Waals surface area contributed by atoms with Gasteiger partial charge in [0, 0.05) is 30.1 Å². The molecule has 3 heterocycles. The molecule has 1 aliphatic heterocycles. The van der Waals surface area contributed by atoms with E-state index in [9.17, 15) is 9.90 Å². The number of hydrogen-bond acceptors (Lipinski definition) is 6. The van der Waals surface area contributed by atoms with Crippen molar-refractivity contribution in [2.24, 2.45) is 5.92 Å². The Morgan fingerprint density at radius 2 is 2.14 bits per heavy atom. The number of carbonyl (C=O) groups excluding carboxylic acids is 1. The Morgan fingerprint density at radius 1 is 1.29 bits per heavy atom. The molecule has 1 saturated carbocycles. The van der Waals surface area contributed by atoms with Gasteiger partial charge in [-0.25, -0.2) is 15.0 Å². The molecule has 1 aliphatic carbocycles. The number of benzene rings is 1. The van der Waals surface area contributed by atoms with Crippen LogP contribution < -0.4 is 5.73 Å². The molecule has 0 radical (unpaired) electrons. The van der Waals surface area contributed by atoms with Crippen LogP contribution in [0.25, 0.3) is 22.3 Å². The molecule has 0 spiro atoms. The predicted octanol–water partition coefficient (Wildman–Crippen LogP) is 1.22. The Kier molecular flexibility index (Phi) is 3.42. The Bertz CT molecular complexity index is 1200. The van der Waals surface area contributed by atoms with Crippen molar-refractivity contribution in [2.75, 3.05) is 12.8 Å². The van der Waals surface area contributed by atoms with Gasteiger partial charge < -0.3 is 15.7 Å². The maximum atomic E-state index is 12.3. The highest BCUT2D eigenvalue weighted by atomic mass is 16.3. The van der Waals surface area contributed by atoms with Gasteiger partial charge in [0.1, 0.15) is 11.8 Å². The van der Waals surface area contributed by atoms with E-state index in [4.69, 9.17) is 5.73 Å². The van der Waals surface area contributed by atoms with Gasteiger partial charge >= 0.3 is 0 Å². The average Bonchev–Trinajstić information content (AvgIpc) is 3.49. The van der Waals surface area contributed by atoms with Crippen LogP contribution in [0.5, 0.6) is 0 Å². The van der Waals surface area contributed by atoms with E-state index in [1.807, 2.05) is 36.4 Å². The van der Waals surface area contributed by atoms with E-state index in [1.54, 1.807) is 11.9 Å². The molecule has 7 heteroatoms. The summed E-state index contributed by atoms with van der Waals surface area (Å²) in [5.74, 6) is 5.71. The molecule has 3 aromatic rings. The summed E-state index contributed by atoms with van der Waals surface area (Å²) < 4.78 is 0. The smallest absolute Gasteiger partial charge is 0.267 e. The van der Waals surface area contributed by atoms with Gasteiger partial charge in [-0.2, -0.15) is 0 Å². The second-order valence-electron chi connectivity index (χ2n) is 7.25. The highest BCUT2D eigenvalue weighted by Gasteiger charge is 2.66. The number of aromatic nitrogens is 3. The SMILES string of the molecule is CN1C(=O)[C@@](O)(C#Cc2cccc(-c3ccc4ncnc(N)c4n3)c2)[C@@H]2CC21. The summed E-state index contributed by atoms with van der Waals surface area (Å²) in [4.78, 5) is 26.6. The van der Waals surface area contributed by atoms with Crippen molar-refractivity contribution in [1.82, 2.24) is 19.9 Å². The molecule has 2 fully saturated rings. The van der Waals surface area contributed by atoms with E-state index < -0.39 is 5.60 Å². The molecule has 28 heavy (non-hydrogen) atoms. The van der Waals surface area contributed by atoms with Crippen LogP contribution in [0.3, 0.4) is 0 Å². The van der Waals surface area contributed by atoms with Crippen molar-refractivity contribution >= 4 is 22.8 Å². The number of likely N-dealkylation sites (N-methyl/N-ethyl adjacent to an activating group) is 1. The average molecular weight is 371 g/mol. The van der Waals surface area contributed by atoms with E-state index >= 15 is 0 Å². The third-order valence-corrected chi connectivity index (χ3v) is 5.50. The van der Waals surface area contributed by atoms with Gasteiger partial charge in [0.05, 0.1) is 11.2 Å². The summed E-state index contributed by atoms with van der Waals surface area (Å²) in [6.07, 6.45) is 2.21. The number of hydrogen-bond donors (Lipinski definition) is 2. The Labute approximate surface area is 161 Å². The van der Waals surface area contributed by atoms with Crippen LogP contribution in [0.2, 0.25) is 0 Å². The number of nitrogen functional groups attached to an aromatic ring is 1. The fraction of sp³-hybridized carbons (Fsp3) is 0.238. The molecular weight excluding hydrogens is 354 g/mol. The number of likely N-dealkylation sites (tertiary alicyclic amines) is 1. The highest BCUT2D eigenvalue weighted by Crippen LogP contribution is 2.50. The minimum Gasteiger partial charge on any atom is -0.382 e. The number of nitrogens with two attached hydrogens (primary N) is 1. The van der Waals surface area contributed by atoms with Crippen LogP contribution in [0.4, 0.5) is 5.82 Å². The molecule has 2 aromatic heterocycles. The molecule has 1 saturated heterocycles. The van der Waals surface area contributed by atoms with Gasteiger partial charge in [0.25, 0.3) is 5.91 Å². The van der Waals surface area contributed by atoms with Crippen LogP contribution in [0, 0.1) is 17.8 Å². The first kappa shape index (κ1) is 16.7. The lowest BCUT2D eigenvalue weighted by molar-refractivity contribution is -0.140. The van der Waals surface area contributed by atoms with Crippen molar-refractivity contribution in [3.63, 3.8) is 0 Å². The lowest BCUT2D eigenvalue weighted by Gasteiger charge is -2.18. The van der Waals surface area contributed by atoms with Crippen LogP contribution >= 0.6 is 0 Å². The van der Waals surface area contributed by atoms with Crippen molar-refractivity contribution in [2.45, 2.75) is 18.1 Å². The van der Waals surface area contributed by atoms with Crippen LogP contribution in [0.1, 0.15) is 12.0 Å². The van der Waals surface area contributed by atoms with Crippen LogP contribution in [0.15, 0.2) is 42.7 Å². The van der Waals surface area contributed by atoms with E-state index in [0.29, 0.717) is 22.4 Å². The van der Waals surface area contributed by atoms with Gasteiger partial charge in [-0.1, -0.05) is 24.0 Å². The van der Waals surface area contributed by atoms with Gasteiger partial charge in [-0.3, -0.25) is 4.79 Å². The van der Waals surface area contributed by atoms with Gasteiger partial charge in [-0.05, 0) is 30.7 Å². The summed E-state index contributed by atoms with van der Waals surface area (Å²) in [6, 6.07) is 11.3. The van der Waals surface area contributed by atoms with Gasteiger partial charge in [0.2, 0.25) is 5.60 Å². The summed E-state index contributed by atoms with van der Waals surface area (Å²) in [7, 11) is 1.72. The molecule has 3 N–H and O–H groups in total. The molecular formula is C21H17N5O2. The number of pyridine rings is 1. The molecule has 7 nitrogen and oxygen atoms in total. The lowest BCUT2D eigenvalue weighted by Crippen LogP contribution is -2.41. The number of fused-ring (bicyclic) bond motifs is 2. The highest BCUT2D eigenvalue weighted by molar-refractivity contribution is 5.93. The summed E-state index contributed by atoms with van der Waals surface area (Å²) in [5, 5.41) is 10.7. The Morgan fingerprint density at radius 3 is 2.93 bits per heavy atom. The molecule has 0 bridgehead atoms. The zero-order valence-electron chi connectivity index (χ0n) is 15.1. The first-order valence-electron chi connectivity index (χ1n) is 8.98. The number of rotatable bonds is 1. The fourth-order valence-corrected chi connectivity index (χ4v) is 3.83. The number of amides is 1. The normalized spacial score (nSPS) is 25.4. The standard InChI is InChI=1S/C21H17N5O2/c1-26-17-10-14(17)21(28,20(26)27)8-7-12-3-2-4-13(9-12)15-5-6-16-18(25-15)19(22)24-11-23-16/h2-6,9,11,14,17,28H,10H2,1H3,(H2,22,23,24)/t14-,17?,21-/m1/s1. The first-order chi connectivity index (χ1) is 13.5. The molecule has 1 unspecified atom stereocenters. The van der Waals surface area contributed by atoms with E-state index in [1.165, 1.54) is 6.33 Å². The van der Waals surface area contributed by atoms with Gasteiger partial charge in [-0.15, -0.1) is 0 Å². The lowest BCUT2D eigenvalue weighted by atomic mass is 9.98. The number of aliphatic hydroxyl groups is 1. The number of anilines is 1. The van der Waals surface area contributed by atoms with E-state index in [-0.39, 0.29) is 17.9 Å². The van der Waals surface area contributed by atoms with E-state index in [0.717, 1.165) is 17.7 Å². The molecule has 1 amide bonds. The minimum atomic E-state index is -1.58. The number of carbonyl (C=O) groups is 1. The third kappa shape index (κ3) is 2.42. The summed E-state index contributed by atoms with van der Waals surface area (Å²) in [5.41, 5.74) is 7.82. The molecule has 138 valence electrons. The second kappa shape index (κ2) is 5.75. The number of piperidine rings is 1. The van der Waals surface area contributed by atoms with Gasteiger partial charge in [0.15, 0.2) is 5.82 Å². The largest absolute Gasteiger partial charge is 0.382 e.